The summed E-state index contributed by atoms with van der Waals surface area (Å²) in [6, 6.07) is 9.38. The molecule has 0 saturated carbocycles. The van der Waals surface area contributed by atoms with Gasteiger partial charge >= 0.3 is 0 Å². The molecular weight excluding hydrogens is 316 g/mol. The number of ether oxygens (including phenoxy) is 1. The molecule has 6 nitrogen and oxygen atoms in total. The van der Waals surface area contributed by atoms with Gasteiger partial charge in [-0.1, -0.05) is 18.2 Å². The van der Waals surface area contributed by atoms with Crippen LogP contribution >= 0.6 is 0 Å². The van der Waals surface area contributed by atoms with Crippen LogP contribution in [-0.4, -0.2) is 50.6 Å². The van der Waals surface area contributed by atoms with E-state index in [0.29, 0.717) is 32.5 Å². The molecule has 2 rings (SSSR count). The number of carbonyl (C=O) groups is 1. The van der Waals surface area contributed by atoms with Crippen molar-refractivity contribution >= 4 is 15.9 Å². The molecule has 1 saturated heterocycles. The number of piperidine rings is 1. The van der Waals surface area contributed by atoms with Gasteiger partial charge in [0.05, 0.1) is 12.9 Å². The Bertz CT molecular complexity index is 604. The third-order valence-electron chi connectivity index (χ3n) is 3.78. The Hall–Kier alpha value is -1.60. The number of nitrogens with one attached hydrogen (secondary N) is 1. The van der Waals surface area contributed by atoms with Gasteiger partial charge in [-0.15, -0.1) is 0 Å². The molecule has 23 heavy (non-hydrogen) atoms. The lowest BCUT2D eigenvalue weighted by atomic mass is 10.1. The highest BCUT2D eigenvalue weighted by molar-refractivity contribution is 7.88. The highest BCUT2D eigenvalue weighted by Gasteiger charge is 2.26. The number of sulfonamides is 1. The van der Waals surface area contributed by atoms with E-state index < -0.39 is 10.0 Å². The van der Waals surface area contributed by atoms with Crippen molar-refractivity contribution < 1.29 is 17.9 Å². The van der Waals surface area contributed by atoms with Gasteiger partial charge in [0.15, 0.2) is 0 Å². The normalized spacial score (nSPS) is 19.3. The van der Waals surface area contributed by atoms with Gasteiger partial charge in [-0.25, -0.2) is 12.7 Å². The summed E-state index contributed by atoms with van der Waals surface area (Å²) in [5, 5.41) is 2.92. The molecule has 1 aliphatic heterocycles. The van der Waals surface area contributed by atoms with Gasteiger partial charge in [-0.2, -0.15) is 0 Å². The summed E-state index contributed by atoms with van der Waals surface area (Å²) in [5.74, 6) is 0.742. The lowest BCUT2D eigenvalue weighted by molar-refractivity contribution is -0.122. The zero-order valence-corrected chi connectivity index (χ0v) is 14.2. The minimum absolute atomic E-state index is 0.0537. The van der Waals surface area contributed by atoms with Crippen LogP contribution in [0.3, 0.4) is 0 Å². The fourth-order valence-corrected chi connectivity index (χ4v) is 3.51. The monoisotopic (exact) mass is 340 g/mol. The van der Waals surface area contributed by atoms with Gasteiger partial charge < -0.3 is 10.1 Å². The van der Waals surface area contributed by atoms with Gasteiger partial charge in [-0.3, -0.25) is 4.79 Å². The minimum Gasteiger partial charge on any atom is -0.494 e. The standard InChI is InChI=1S/C16H24N2O4S/c1-23(20,21)18-11-5-7-14(13-18)17-16(19)10-6-12-22-15-8-3-2-4-9-15/h2-4,8-9,14H,5-7,10-13H2,1H3,(H,17,19). The molecule has 1 amide bonds. The second-order valence-corrected chi connectivity index (χ2v) is 7.78. The Labute approximate surface area is 137 Å². The Balaban J connectivity index is 1.66. The zero-order valence-electron chi connectivity index (χ0n) is 13.4. The van der Waals surface area contributed by atoms with Crippen LogP contribution in [0.25, 0.3) is 0 Å². The van der Waals surface area contributed by atoms with E-state index >= 15 is 0 Å². The molecule has 1 aromatic rings. The summed E-state index contributed by atoms with van der Waals surface area (Å²) in [6.45, 7) is 1.39. The van der Waals surface area contributed by atoms with Crippen molar-refractivity contribution in [2.75, 3.05) is 26.0 Å². The summed E-state index contributed by atoms with van der Waals surface area (Å²) < 4.78 is 30.1. The lowest BCUT2D eigenvalue weighted by Crippen LogP contribution is -2.49. The molecule has 1 unspecified atom stereocenters. The molecule has 128 valence electrons. The van der Waals surface area contributed by atoms with Crippen molar-refractivity contribution in [2.45, 2.75) is 31.7 Å². The van der Waals surface area contributed by atoms with Crippen molar-refractivity contribution in [3.63, 3.8) is 0 Å². The first-order valence-corrected chi connectivity index (χ1v) is 9.72. The lowest BCUT2D eigenvalue weighted by Gasteiger charge is -2.31. The summed E-state index contributed by atoms with van der Waals surface area (Å²) >= 11 is 0. The van der Waals surface area contributed by atoms with Crippen LogP contribution in [0.2, 0.25) is 0 Å². The Morgan fingerprint density at radius 3 is 2.78 bits per heavy atom. The molecule has 0 bridgehead atoms. The SMILES string of the molecule is CS(=O)(=O)N1CCCC(NC(=O)CCCOc2ccccc2)C1. The quantitative estimate of drug-likeness (QED) is 0.761. The van der Waals surface area contributed by atoms with Crippen LogP contribution in [0, 0.1) is 0 Å². The van der Waals surface area contributed by atoms with Crippen molar-refractivity contribution in [3.05, 3.63) is 30.3 Å². The highest BCUT2D eigenvalue weighted by atomic mass is 32.2. The largest absolute Gasteiger partial charge is 0.494 e. The number of benzene rings is 1. The van der Waals surface area contributed by atoms with Gasteiger partial charge in [-0.05, 0) is 31.4 Å². The fraction of sp³-hybridized carbons (Fsp3) is 0.562. The van der Waals surface area contributed by atoms with E-state index in [1.54, 1.807) is 0 Å². The Morgan fingerprint density at radius 2 is 2.09 bits per heavy atom. The number of nitrogens with zero attached hydrogens (tertiary/aromatic N) is 1. The third kappa shape index (κ3) is 6.19. The number of hydrogen-bond donors (Lipinski definition) is 1. The predicted molar refractivity (Wildman–Crippen MR) is 88.8 cm³/mol. The molecule has 1 heterocycles. The molecule has 0 radical (unpaired) electrons. The fourth-order valence-electron chi connectivity index (χ4n) is 2.60. The molecule has 1 aromatic carbocycles. The van der Waals surface area contributed by atoms with Crippen LogP contribution in [0.5, 0.6) is 5.75 Å². The van der Waals surface area contributed by atoms with E-state index in [-0.39, 0.29) is 11.9 Å². The summed E-state index contributed by atoms with van der Waals surface area (Å²) in [4.78, 5) is 11.9. The van der Waals surface area contributed by atoms with E-state index in [1.807, 2.05) is 30.3 Å². The highest BCUT2D eigenvalue weighted by Crippen LogP contribution is 2.13. The van der Waals surface area contributed by atoms with Gasteiger partial charge in [0.2, 0.25) is 15.9 Å². The number of rotatable bonds is 7. The zero-order chi connectivity index (χ0) is 16.7. The molecule has 0 aliphatic carbocycles. The number of carbonyl (C=O) groups excluding carboxylic acids is 1. The predicted octanol–water partition coefficient (Wildman–Crippen LogP) is 1.39. The maximum Gasteiger partial charge on any atom is 0.220 e. The van der Waals surface area contributed by atoms with Crippen molar-refractivity contribution in [1.82, 2.24) is 9.62 Å². The van der Waals surface area contributed by atoms with Crippen molar-refractivity contribution in [1.29, 1.82) is 0 Å². The van der Waals surface area contributed by atoms with Crippen molar-refractivity contribution in [3.8, 4) is 5.75 Å². The van der Waals surface area contributed by atoms with Crippen LogP contribution in [0.15, 0.2) is 30.3 Å². The van der Waals surface area contributed by atoms with E-state index in [1.165, 1.54) is 10.6 Å². The molecule has 1 aliphatic rings. The second-order valence-electron chi connectivity index (χ2n) is 5.79. The second kappa shape index (κ2) is 8.31. The Morgan fingerprint density at radius 1 is 1.35 bits per heavy atom. The van der Waals surface area contributed by atoms with Crippen molar-refractivity contribution in [2.24, 2.45) is 0 Å². The van der Waals surface area contributed by atoms with Gasteiger partial charge in [0.1, 0.15) is 5.75 Å². The molecule has 1 fully saturated rings. The summed E-state index contributed by atoms with van der Waals surface area (Å²) in [6.07, 6.45) is 3.80. The summed E-state index contributed by atoms with van der Waals surface area (Å²) in [5.41, 5.74) is 0. The average Bonchev–Trinajstić information content (AvgIpc) is 2.52. The van der Waals surface area contributed by atoms with Crippen LogP contribution < -0.4 is 10.1 Å². The maximum atomic E-state index is 11.9. The van der Waals surface area contributed by atoms with Crippen LogP contribution in [-0.2, 0) is 14.8 Å². The number of para-hydroxylation sites is 1. The molecule has 1 atom stereocenters. The molecule has 0 aromatic heterocycles. The molecule has 7 heteroatoms. The number of amides is 1. The van der Waals surface area contributed by atoms with Gasteiger partial charge in [0, 0.05) is 25.6 Å². The van der Waals surface area contributed by atoms with E-state index in [0.717, 1.165) is 18.6 Å². The molecule has 1 N–H and O–H groups in total. The Kier molecular flexibility index (Phi) is 6.41. The van der Waals surface area contributed by atoms with E-state index in [4.69, 9.17) is 4.74 Å². The minimum atomic E-state index is -3.18. The topological polar surface area (TPSA) is 75.7 Å². The first-order valence-electron chi connectivity index (χ1n) is 7.87. The maximum absolute atomic E-state index is 11.9. The van der Waals surface area contributed by atoms with E-state index in [2.05, 4.69) is 5.32 Å². The first-order chi connectivity index (χ1) is 10.9. The third-order valence-corrected chi connectivity index (χ3v) is 5.05. The van der Waals surface area contributed by atoms with Gasteiger partial charge in [0.25, 0.3) is 0 Å². The summed E-state index contributed by atoms with van der Waals surface area (Å²) in [7, 11) is -3.18. The van der Waals surface area contributed by atoms with Crippen LogP contribution in [0.1, 0.15) is 25.7 Å². The first kappa shape index (κ1) is 17.7. The average molecular weight is 340 g/mol. The smallest absolute Gasteiger partial charge is 0.220 e. The number of hydrogen-bond acceptors (Lipinski definition) is 4. The molecular formula is C16H24N2O4S. The van der Waals surface area contributed by atoms with Crippen LogP contribution in [0.4, 0.5) is 0 Å². The van der Waals surface area contributed by atoms with E-state index in [9.17, 15) is 13.2 Å². The molecule has 0 spiro atoms.